The van der Waals surface area contributed by atoms with E-state index in [0.29, 0.717) is 29.0 Å². The number of aryl methyl sites for hydroxylation is 1. The minimum atomic E-state index is -0.173. The van der Waals surface area contributed by atoms with Crippen LogP contribution >= 0.6 is 0 Å². The fraction of sp³-hybridized carbons (Fsp3) is 0.200. The van der Waals surface area contributed by atoms with E-state index in [0.717, 1.165) is 0 Å². The minimum Gasteiger partial charge on any atom is -0.469 e. The molecule has 19 heavy (non-hydrogen) atoms. The lowest BCUT2D eigenvalue weighted by atomic mass is 10.1. The lowest BCUT2D eigenvalue weighted by Gasteiger charge is -2.18. The monoisotopic (exact) mass is 254 g/mol. The number of nitrogens with zero attached hydrogens (tertiary/aromatic N) is 2. The number of rotatable bonds is 3. The molecule has 0 saturated carbocycles. The average molecular weight is 254 g/mol. The summed E-state index contributed by atoms with van der Waals surface area (Å²) in [7, 11) is 1.66. The van der Waals surface area contributed by atoms with Crippen molar-refractivity contribution >= 4 is 11.6 Å². The second-order valence-electron chi connectivity index (χ2n) is 4.10. The van der Waals surface area contributed by atoms with Crippen LogP contribution in [0.5, 0.6) is 0 Å². The molecule has 0 bridgehead atoms. The number of amides is 1. The lowest BCUT2D eigenvalue weighted by Crippen LogP contribution is -2.27. The standard InChI is InChI=1S/C15H14N2O2/c1-3-14-12(8-9-19-14)15(18)17(2)13-7-5-4-6-11(13)10-16/h4-9H,3H2,1-2H3. The maximum absolute atomic E-state index is 12.4. The SMILES string of the molecule is CCc1occc1C(=O)N(C)c1ccccc1C#N. The van der Waals surface area contributed by atoms with Crippen molar-refractivity contribution in [1.82, 2.24) is 0 Å². The Morgan fingerprint density at radius 2 is 2.11 bits per heavy atom. The Labute approximate surface area is 111 Å². The molecule has 0 fully saturated rings. The first-order chi connectivity index (χ1) is 9.19. The Balaban J connectivity index is 2.37. The number of nitriles is 1. The van der Waals surface area contributed by atoms with Crippen molar-refractivity contribution in [2.75, 3.05) is 11.9 Å². The molecule has 1 aromatic heterocycles. The van der Waals surface area contributed by atoms with Gasteiger partial charge in [0.05, 0.1) is 23.1 Å². The molecule has 0 aliphatic heterocycles. The molecule has 0 radical (unpaired) electrons. The zero-order valence-corrected chi connectivity index (χ0v) is 10.9. The van der Waals surface area contributed by atoms with Crippen molar-refractivity contribution in [2.24, 2.45) is 0 Å². The van der Waals surface area contributed by atoms with Crippen LogP contribution in [0.3, 0.4) is 0 Å². The third-order valence-electron chi connectivity index (χ3n) is 2.99. The summed E-state index contributed by atoms with van der Waals surface area (Å²) in [5.41, 5.74) is 1.61. The van der Waals surface area contributed by atoms with E-state index in [1.165, 1.54) is 11.2 Å². The van der Waals surface area contributed by atoms with E-state index in [2.05, 4.69) is 6.07 Å². The van der Waals surface area contributed by atoms with Crippen molar-refractivity contribution in [1.29, 1.82) is 5.26 Å². The van der Waals surface area contributed by atoms with Crippen LogP contribution in [-0.2, 0) is 6.42 Å². The lowest BCUT2D eigenvalue weighted by molar-refractivity contribution is 0.0991. The Bertz CT molecular complexity index is 638. The first-order valence-corrected chi connectivity index (χ1v) is 6.02. The summed E-state index contributed by atoms with van der Waals surface area (Å²) in [5.74, 6) is 0.486. The van der Waals surface area contributed by atoms with Crippen molar-refractivity contribution in [3.63, 3.8) is 0 Å². The highest BCUT2D eigenvalue weighted by Crippen LogP contribution is 2.22. The third-order valence-corrected chi connectivity index (χ3v) is 2.99. The van der Waals surface area contributed by atoms with Gasteiger partial charge in [0.2, 0.25) is 0 Å². The molecular weight excluding hydrogens is 240 g/mol. The Kier molecular flexibility index (Phi) is 3.67. The van der Waals surface area contributed by atoms with Gasteiger partial charge < -0.3 is 9.32 Å². The van der Waals surface area contributed by atoms with E-state index < -0.39 is 0 Å². The number of hydrogen-bond donors (Lipinski definition) is 0. The molecule has 2 aromatic rings. The molecule has 1 amide bonds. The molecule has 0 spiro atoms. The van der Waals surface area contributed by atoms with Crippen LogP contribution in [-0.4, -0.2) is 13.0 Å². The summed E-state index contributed by atoms with van der Waals surface area (Å²) in [6, 6.07) is 10.8. The van der Waals surface area contributed by atoms with Crippen LogP contribution in [0.1, 0.15) is 28.6 Å². The van der Waals surface area contributed by atoms with E-state index >= 15 is 0 Å². The molecule has 0 saturated heterocycles. The zero-order chi connectivity index (χ0) is 13.8. The topological polar surface area (TPSA) is 57.2 Å². The highest BCUT2D eigenvalue weighted by atomic mass is 16.3. The molecule has 1 heterocycles. The molecule has 2 rings (SSSR count). The number of anilines is 1. The van der Waals surface area contributed by atoms with Crippen LogP contribution in [0, 0.1) is 11.3 Å². The van der Waals surface area contributed by atoms with Crippen molar-refractivity contribution in [3.05, 3.63) is 53.5 Å². The summed E-state index contributed by atoms with van der Waals surface area (Å²) < 4.78 is 5.27. The van der Waals surface area contributed by atoms with Gasteiger partial charge in [0, 0.05) is 13.5 Å². The molecular formula is C15H14N2O2. The number of hydrogen-bond acceptors (Lipinski definition) is 3. The third kappa shape index (κ3) is 2.36. The zero-order valence-electron chi connectivity index (χ0n) is 10.9. The number of carbonyl (C=O) groups is 1. The Hall–Kier alpha value is -2.54. The fourth-order valence-corrected chi connectivity index (χ4v) is 1.96. The quantitative estimate of drug-likeness (QED) is 0.846. The van der Waals surface area contributed by atoms with Crippen LogP contribution in [0.25, 0.3) is 0 Å². The first kappa shape index (κ1) is 12.9. The molecule has 0 aliphatic carbocycles. The summed E-state index contributed by atoms with van der Waals surface area (Å²) in [6.07, 6.45) is 2.16. The molecule has 0 unspecified atom stereocenters. The number of benzene rings is 1. The van der Waals surface area contributed by atoms with Gasteiger partial charge in [-0.25, -0.2) is 0 Å². The summed E-state index contributed by atoms with van der Waals surface area (Å²) in [5, 5.41) is 9.07. The minimum absolute atomic E-state index is 0.173. The van der Waals surface area contributed by atoms with Crippen LogP contribution < -0.4 is 4.90 Å². The van der Waals surface area contributed by atoms with Crippen molar-refractivity contribution < 1.29 is 9.21 Å². The molecule has 0 N–H and O–H groups in total. The van der Waals surface area contributed by atoms with E-state index in [1.807, 2.05) is 6.92 Å². The molecule has 0 aliphatic rings. The molecule has 96 valence electrons. The van der Waals surface area contributed by atoms with Gasteiger partial charge in [0.1, 0.15) is 11.8 Å². The van der Waals surface area contributed by atoms with E-state index in [-0.39, 0.29) is 5.91 Å². The molecule has 4 nitrogen and oxygen atoms in total. The number of carbonyl (C=O) groups excluding carboxylic acids is 1. The molecule has 1 aromatic carbocycles. The highest BCUT2D eigenvalue weighted by molar-refractivity contribution is 6.07. The second-order valence-corrected chi connectivity index (χ2v) is 4.10. The predicted octanol–water partition coefficient (Wildman–Crippen LogP) is 2.99. The van der Waals surface area contributed by atoms with Gasteiger partial charge in [0.15, 0.2) is 0 Å². The largest absolute Gasteiger partial charge is 0.469 e. The average Bonchev–Trinajstić information content (AvgIpc) is 2.94. The smallest absolute Gasteiger partial charge is 0.261 e. The maximum Gasteiger partial charge on any atom is 0.261 e. The molecule has 4 heteroatoms. The van der Waals surface area contributed by atoms with Gasteiger partial charge in [0.25, 0.3) is 5.91 Å². The van der Waals surface area contributed by atoms with Crippen LogP contribution in [0.15, 0.2) is 41.0 Å². The van der Waals surface area contributed by atoms with E-state index in [9.17, 15) is 4.79 Å². The van der Waals surface area contributed by atoms with Gasteiger partial charge in [-0.05, 0) is 18.2 Å². The van der Waals surface area contributed by atoms with E-state index in [1.54, 1.807) is 37.4 Å². The predicted molar refractivity (Wildman–Crippen MR) is 72.0 cm³/mol. The van der Waals surface area contributed by atoms with Gasteiger partial charge >= 0.3 is 0 Å². The highest BCUT2D eigenvalue weighted by Gasteiger charge is 2.20. The van der Waals surface area contributed by atoms with Crippen molar-refractivity contribution in [3.8, 4) is 6.07 Å². The fourth-order valence-electron chi connectivity index (χ4n) is 1.96. The normalized spacial score (nSPS) is 9.95. The molecule has 0 atom stereocenters. The Morgan fingerprint density at radius 3 is 2.79 bits per heavy atom. The van der Waals surface area contributed by atoms with Crippen molar-refractivity contribution in [2.45, 2.75) is 13.3 Å². The van der Waals surface area contributed by atoms with Crippen LogP contribution in [0.4, 0.5) is 5.69 Å². The number of furan rings is 1. The van der Waals surface area contributed by atoms with Gasteiger partial charge in [-0.2, -0.15) is 5.26 Å². The van der Waals surface area contributed by atoms with Crippen LogP contribution in [0.2, 0.25) is 0 Å². The Morgan fingerprint density at radius 1 is 1.37 bits per heavy atom. The van der Waals surface area contributed by atoms with E-state index in [4.69, 9.17) is 9.68 Å². The summed E-state index contributed by atoms with van der Waals surface area (Å²) in [4.78, 5) is 13.9. The second kappa shape index (κ2) is 5.40. The van der Waals surface area contributed by atoms with Gasteiger partial charge in [-0.3, -0.25) is 4.79 Å². The summed E-state index contributed by atoms with van der Waals surface area (Å²) >= 11 is 0. The number of para-hydroxylation sites is 1. The first-order valence-electron chi connectivity index (χ1n) is 6.02. The van der Waals surface area contributed by atoms with Gasteiger partial charge in [-0.1, -0.05) is 19.1 Å². The van der Waals surface area contributed by atoms with Gasteiger partial charge in [-0.15, -0.1) is 0 Å². The maximum atomic E-state index is 12.4. The summed E-state index contributed by atoms with van der Waals surface area (Å²) in [6.45, 7) is 1.93.